The Labute approximate surface area is 171 Å². The van der Waals surface area contributed by atoms with Gasteiger partial charge in [-0.25, -0.2) is 0 Å². The molecule has 2 nitrogen and oxygen atoms in total. The van der Waals surface area contributed by atoms with E-state index in [1.807, 2.05) is 6.92 Å². The fraction of sp³-hybridized carbons (Fsp3) is 1.00. The molecule has 0 aliphatic carbocycles. The summed E-state index contributed by atoms with van der Waals surface area (Å²) in [6.07, 6.45) is 7.17. The third-order valence-electron chi connectivity index (χ3n) is 6.63. The molecule has 164 valence electrons. The minimum absolute atomic E-state index is 0.245. The molecule has 0 saturated heterocycles. The van der Waals surface area contributed by atoms with Crippen molar-refractivity contribution in [1.29, 1.82) is 0 Å². The molecular weight excluding hydrogens is 332 g/mol. The summed E-state index contributed by atoms with van der Waals surface area (Å²) < 4.78 is 0. The van der Waals surface area contributed by atoms with Crippen molar-refractivity contribution in [1.82, 2.24) is 0 Å². The van der Waals surface area contributed by atoms with Gasteiger partial charge in [0.25, 0.3) is 0 Å². The van der Waals surface area contributed by atoms with Gasteiger partial charge < -0.3 is 10.2 Å². The SMILES string of the molecule is CCC(CCC(C)C)C(C(C)O)C(C)C(CCC(C)C)C(O)CCC(C)C. The van der Waals surface area contributed by atoms with E-state index in [-0.39, 0.29) is 18.1 Å². The van der Waals surface area contributed by atoms with Crippen molar-refractivity contribution >= 4 is 0 Å². The van der Waals surface area contributed by atoms with Crippen LogP contribution in [0, 0.1) is 41.4 Å². The molecule has 0 aromatic rings. The van der Waals surface area contributed by atoms with Crippen LogP contribution in [0.5, 0.6) is 0 Å². The summed E-state index contributed by atoms with van der Waals surface area (Å²) in [7, 11) is 0. The number of hydrogen-bond acceptors (Lipinski definition) is 2. The van der Waals surface area contributed by atoms with Crippen LogP contribution in [0.15, 0.2) is 0 Å². The predicted molar refractivity (Wildman–Crippen MR) is 120 cm³/mol. The van der Waals surface area contributed by atoms with Gasteiger partial charge in [-0.15, -0.1) is 0 Å². The van der Waals surface area contributed by atoms with Crippen LogP contribution in [0.1, 0.15) is 107 Å². The average Bonchev–Trinajstić information content (AvgIpc) is 2.55. The second-order valence-electron chi connectivity index (χ2n) is 10.5. The first kappa shape index (κ1) is 26.9. The quantitative estimate of drug-likeness (QED) is 0.321. The van der Waals surface area contributed by atoms with Crippen molar-refractivity contribution in [2.24, 2.45) is 41.4 Å². The molecule has 2 heteroatoms. The summed E-state index contributed by atoms with van der Waals surface area (Å²) in [4.78, 5) is 0. The molecule has 0 heterocycles. The molecule has 6 unspecified atom stereocenters. The molecule has 2 N–H and O–H groups in total. The Morgan fingerprint density at radius 3 is 1.44 bits per heavy atom. The lowest BCUT2D eigenvalue weighted by atomic mass is 9.67. The summed E-state index contributed by atoms with van der Waals surface area (Å²) in [5.74, 6) is 3.45. The highest BCUT2D eigenvalue weighted by molar-refractivity contribution is 4.86. The largest absolute Gasteiger partial charge is 0.393 e. The maximum atomic E-state index is 11.1. The fourth-order valence-corrected chi connectivity index (χ4v) is 4.81. The third kappa shape index (κ3) is 10.9. The molecule has 0 bridgehead atoms. The van der Waals surface area contributed by atoms with Crippen molar-refractivity contribution in [2.75, 3.05) is 0 Å². The monoisotopic (exact) mass is 384 g/mol. The Bertz CT molecular complexity index is 348. The average molecular weight is 385 g/mol. The molecule has 6 atom stereocenters. The van der Waals surface area contributed by atoms with E-state index >= 15 is 0 Å². The molecule has 0 aromatic carbocycles. The number of hydrogen-bond donors (Lipinski definition) is 2. The Morgan fingerprint density at radius 1 is 0.593 bits per heavy atom. The predicted octanol–water partition coefficient (Wildman–Crippen LogP) is 6.93. The van der Waals surface area contributed by atoms with Gasteiger partial charge in [-0.1, -0.05) is 74.7 Å². The second-order valence-corrected chi connectivity index (χ2v) is 10.5. The molecule has 0 rings (SSSR count). The van der Waals surface area contributed by atoms with Crippen molar-refractivity contribution in [3.63, 3.8) is 0 Å². The molecule has 0 aliphatic rings. The topological polar surface area (TPSA) is 40.5 Å². The van der Waals surface area contributed by atoms with Gasteiger partial charge in [0.2, 0.25) is 0 Å². The van der Waals surface area contributed by atoms with Crippen LogP contribution >= 0.6 is 0 Å². The van der Waals surface area contributed by atoms with Gasteiger partial charge in [-0.2, -0.15) is 0 Å². The van der Waals surface area contributed by atoms with E-state index in [1.165, 1.54) is 12.8 Å². The highest BCUT2D eigenvalue weighted by Crippen LogP contribution is 2.39. The molecule has 0 aliphatic heterocycles. The van der Waals surface area contributed by atoms with Gasteiger partial charge in [-0.05, 0) is 74.0 Å². The molecule has 0 saturated carbocycles. The molecule has 27 heavy (non-hydrogen) atoms. The van der Waals surface area contributed by atoms with E-state index in [0.717, 1.165) is 32.1 Å². The number of aliphatic hydroxyl groups is 2. The van der Waals surface area contributed by atoms with Gasteiger partial charge in [0.15, 0.2) is 0 Å². The van der Waals surface area contributed by atoms with Crippen molar-refractivity contribution in [2.45, 2.75) is 119 Å². The molecule has 0 aromatic heterocycles. The second kappa shape index (κ2) is 14.0. The molecule has 0 fully saturated rings. The molecule has 0 amide bonds. The van der Waals surface area contributed by atoms with Crippen LogP contribution in [-0.2, 0) is 0 Å². The van der Waals surface area contributed by atoms with Crippen LogP contribution in [0.3, 0.4) is 0 Å². The first-order valence-electron chi connectivity index (χ1n) is 11.9. The molecule has 0 radical (unpaired) electrons. The zero-order valence-electron chi connectivity index (χ0n) is 20.0. The van der Waals surface area contributed by atoms with Crippen LogP contribution < -0.4 is 0 Å². The van der Waals surface area contributed by atoms with E-state index in [1.54, 1.807) is 0 Å². The van der Waals surface area contributed by atoms with E-state index in [4.69, 9.17) is 0 Å². The van der Waals surface area contributed by atoms with Gasteiger partial charge in [0.1, 0.15) is 0 Å². The van der Waals surface area contributed by atoms with E-state index < -0.39 is 0 Å². The van der Waals surface area contributed by atoms with Crippen LogP contribution in [0.2, 0.25) is 0 Å². The first-order chi connectivity index (χ1) is 12.5. The molecular formula is C25H52O2. The Kier molecular flexibility index (Phi) is 13.9. The van der Waals surface area contributed by atoms with Crippen LogP contribution in [-0.4, -0.2) is 22.4 Å². The van der Waals surface area contributed by atoms with Crippen LogP contribution in [0.25, 0.3) is 0 Å². The summed E-state index contributed by atoms with van der Waals surface area (Å²) in [5, 5.41) is 21.8. The smallest absolute Gasteiger partial charge is 0.0571 e. The third-order valence-corrected chi connectivity index (χ3v) is 6.63. The normalized spacial score (nSPS) is 19.3. The maximum absolute atomic E-state index is 11.1. The first-order valence-corrected chi connectivity index (χ1v) is 11.9. The highest BCUT2D eigenvalue weighted by Gasteiger charge is 2.36. The highest BCUT2D eigenvalue weighted by atomic mass is 16.3. The van der Waals surface area contributed by atoms with Crippen molar-refractivity contribution in [3.05, 3.63) is 0 Å². The number of rotatable bonds is 15. The Hall–Kier alpha value is -0.0800. The van der Waals surface area contributed by atoms with Gasteiger partial charge in [0.05, 0.1) is 12.2 Å². The maximum Gasteiger partial charge on any atom is 0.0571 e. The van der Waals surface area contributed by atoms with E-state index in [0.29, 0.717) is 35.5 Å². The zero-order chi connectivity index (χ0) is 21.1. The lowest BCUT2D eigenvalue weighted by molar-refractivity contribution is -0.0197. The van der Waals surface area contributed by atoms with Crippen LogP contribution in [0.4, 0.5) is 0 Å². The van der Waals surface area contributed by atoms with Crippen molar-refractivity contribution in [3.8, 4) is 0 Å². The van der Waals surface area contributed by atoms with E-state index in [2.05, 4.69) is 55.4 Å². The van der Waals surface area contributed by atoms with Crippen molar-refractivity contribution < 1.29 is 10.2 Å². The lowest BCUT2D eigenvalue weighted by Gasteiger charge is -2.40. The fourth-order valence-electron chi connectivity index (χ4n) is 4.81. The summed E-state index contributed by atoms with van der Waals surface area (Å²) >= 11 is 0. The van der Waals surface area contributed by atoms with Gasteiger partial charge in [0, 0.05) is 0 Å². The zero-order valence-corrected chi connectivity index (χ0v) is 20.0. The lowest BCUT2D eigenvalue weighted by Crippen LogP contribution is -2.39. The Morgan fingerprint density at radius 2 is 1.04 bits per heavy atom. The van der Waals surface area contributed by atoms with Gasteiger partial charge >= 0.3 is 0 Å². The molecule has 0 spiro atoms. The summed E-state index contributed by atoms with van der Waals surface area (Å²) in [5.41, 5.74) is 0. The summed E-state index contributed by atoms with van der Waals surface area (Å²) in [6, 6.07) is 0. The minimum Gasteiger partial charge on any atom is -0.393 e. The standard InChI is InChI=1S/C25H52O2/c1-10-22(14-11-17(2)3)25(21(9)26)20(8)23(15-12-18(4)5)24(27)16-13-19(6)7/h17-27H,10-16H2,1-9H3. The summed E-state index contributed by atoms with van der Waals surface area (Å²) in [6.45, 7) is 20.1. The Balaban J connectivity index is 5.38. The van der Waals surface area contributed by atoms with E-state index in [9.17, 15) is 10.2 Å². The number of aliphatic hydroxyl groups excluding tert-OH is 2. The minimum atomic E-state index is -0.309. The van der Waals surface area contributed by atoms with Gasteiger partial charge in [-0.3, -0.25) is 0 Å².